The van der Waals surface area contributed by atoms with Gasteiger partial charge >= 0.3 is 1.43 Å². The van der Waals surface area contributed by atoms with E-state index in [2.05, 4.69) is 51.5 Å². The van der Waals surface area contributed by atoms with Gasteiger partial charge < -0.3 is 4.48 Å². The first kappa shape index (κ1) is 11.5. The minimum atomic E-state index is 0. The normalized spacial score (nSPS) is 10.6. The third kappa shape index (κ3) is 4.37. The van der Waals surface area contributed by atoms with Gasteiger partial charge in [-0.05, 0) is 0 Å². The van der Waals surface area contributed by atoms with Crippen LogP contribution in [-0.4, -0.2) is 25.6 Å². The molecule has 1 rings (SSSR count). The highest BCUT2D eigenvalue weighted by atomic mass is 35.5. The predicted octanol–water partition coefficient (Wildman–Crippen LogP) is 2.43. The van der Waals surface area contributed by atoms with Gasteiger partial charge in [-0.2, -0.15) is 0 Å². The van der Waals surface area contributed by atoms with Crippen LogP contribution in [0.3, 0.4) is 0 Å². The Hall–Kier alpha value is -0.530. The monoisotopic (exact) mass is 187 g/mol. The van der Waals surface area contributed by atoms with E-state index in [-0.39, 0.29) is 13.8 Å². The number of hydrogen-bond donors (Lipinski definition) is 0. The Morgan fingerprint density at radius 1 is 1.08 bits per heavy atom. The number of benzene rings is 1. The van der Waals surface area contributed by atoms with Crippen LogP contribution < -0.4 is 0 Å². The standard InChI is InChI=1S/C10H16N.ClH/c1-11(2,3)9-10-7-5-4-6-8-10;/h4-8H,9H2,1-3H3;1H/q+1;/p+1. The summed E-state index contributed by atoms with van der Waals surface area (Å²) in [4.78, 5) is 0. The van der Waals surface area contributed by atoms with E-state index in [1.54, 1.807) is 0 Å². The molecule has 0 unspecified atom stereocenters. The van der Waals surface area contributed by atoms with Gasteiger partial charge in [0, 0.05) is 5.56 Å². The fourth-order valence-electron chi connectivity index (χ4n) is 1.13. The molecule has 0 aliphatic heterocycles. The minimum Gasteiger partial charge on any atom is -0.327 e. The van der Waals surface area contributed by atoms with Gasteiger partial charge in [-0.25, -0.2) is 0 Å². The third-order valence-electron chi connectivity index (χ3n) is 1.50. The lowest BCUT2D eigenvalue weighted by atomic mass is 10.2. The van der Waals surface area contributed by atoms with Gasteiger partial charge in [0.15, 0.2) is 0 Å². The number of nitrogens with zero attached hydrogens (tertiary/aromatic N) is 1. The summed E-state index contributed by atoms with van der Waals surface area (Å²) >= 11 is 0. The molecule has 0 heterocycles. The largest absolute Gasteiger partial charge is 1.00 e. The van der Waals surface area contributed by atoms with E-state index < -0.39 is 0 Å². The number of quaternary nitrogens is 1. The molecule has 1 aromatic rings. The Labute approximate surface area is 82.5 Å². The second-order valence-corrected chi connectivity index (χ2v) is 3.93. The molecule has 0 spiro atoms. The SMILES string of the molecule is C[N+](C)(C)Cc1ccccc1.Cl.[H+]. The minimum absolute atomic E-state index is 0. The molecule has 12 heavy (non-hydrogen) atoms. The summed E-state index contributed by atoms with van der Waals surface area (Å²) in [6.07, 6.45) is 0. The van der Waals surface area contributed by atoms with Crippen LogP contribution in [0, 0.1) is 0 Å². The van der Waals surface area contributed by atoms with Crippen LogP contribution in [0.4, 0.5) is 0 Å². The maximum absolute atomic E-state index is 2.20. The zero-order valence-electron chi connectivity index (χ0n) is 8.95. The van der Waals surface area contributed by atoms with Crippen molar-refractivity contribution in [3.63, 3.8) is 0 Å². The first-order valence-corrected chi connectivity index (χ1v) is 3.92. The number of hydrogen-bond acceptors (Lipinski definition) is 0. The molecule has 0 fully saturated rings. The van der Waals surface area contributed by atoms with Crippen molar-refractivity contribution in [2.24, 2.45) is 0 Å². The van der Waals surface area contributed by atoms with Crippen molar-refractivity contribution < 1.29 is 5.91 Å². The fraction of sp³-hybridized carbons (Fsp3) is 0.400. The molecule has 0 bridgehead atoms. The molecule has 1 aromatic carbocycles. The van der Waals surface area contributed by atoms with Crippen molar-refractivity contribution in [3.8, 4) is 0 Å². The first-order valence-electron chi connectivity index (χ1n) is 3.92. The van der Waals surface area contributed by atoms with Gasteiger partial charge in [-0.1, -0.05) is 30.3 Å². The van der Waals surface area contributed by atoms with Gasteiger partial charge in [0.2, 0.25) is 0 Å². The molecule has 0 N–H and O–H groups in total. The van der Waals surface area contributed by atoms with E-state index in [9.17, 15) is 0 Å². The lowest BCUT2D eigenvalue weighted by Gasteiger charge is -2.23. The van der Waals surface area contributed by atoms with Crippen molar-refractivity contribution in [3.05, 3.63) is 35.9 Å². The van der Waals surface area contributed by atoms with Crippen LogP contribution in [-0.2, 0) is 6.54 Å². The molecule has 0 radical (unpaired) electrons. The van der Waals surface area contributed by atoms with Crippen LogP contribution >= 0.6 is 12.4 Å². The lowest BCUT2D eigenvalue weighted by Crippen LogP contribution is -2.33. The van der Waals surface area contributed by atoms with Crippen LogP contribution in [0.1, 0.15) is 6.99 Å². The molecule has 0 saturated heterocycles. The summed E-state index contributed by atoms with van der Waals surface area (Å²) in [6, 6.07) is 10.6. The molecule has 0 aliphatic rings. The van der Waals surface area contributed by atoms with Crippen LogP contribution in [0.5, 0.6) is 0 Å². The number of rotatable bonds is 2. The zero-order valence-corrected chi connectivity index (χ0v) is 8.77. The molecule has 1 nitrogen and oxygen atoms in total. The maximum atomic E-state index is 2.20. The van der Waals surface area contributed by atoms with Crippen molar-refractivity contribution in [2.45, 2.75) is 6.54 Å². The fourth-order valence-corrected chi connectivity index (χ4v) is 1.13. The van der Waals surface area contributed by atoms with Crippen molar-refractivity contribution >= 4 is 12.4 Å². The average Bonchev–Trinajstić information content (AvgIpc) is 1.85. The molecule has 0 atom stereocenters. The second-order valence-electron chi connectivity index (χ2n) is 3.93. The summed E-state index contributed by atoms with van der Waals surface area (Å²) < 4.78 is 0.990. The molecule has 0 amide bonds. The van der Waals surface area contributed by atoms with E-state index in [0.29, 0.717) is 0 Å². The molecular formula is C10H18ClN+2. The Morgan fingerprint density at radius 2 is 1.58 bits per heavy atom. The number of halogens is 1. The van der Waals surface area contributed by atoms with Gasteiger partial charge in [0.25, 0.3) is 0 Å². The summed E-state index contributed by atoms with van der Waals surface area (Å²) in [5, 5.41) is 0. The molecule has 2 heteroatoms. The lowest BCUT2D eigenvalue weighted by molar-refractivity contribution is -0.884. The van der Waals surface area contributed by atoms with E-state index in [0.717, 1.165) is 11.0 Å². The van der Waals surface area contributed by atoms with Crippen LogP contribution in [0.2, 0.25) is 0 Å². The Balaban J connectivity index is 0. The maximum Gasteiger partial charge on any atom is 1.00 e. The Morgan fingerprint density at radius 3 is 2.00 bits per heavy atom. The van der Waals surface area contributed by atoms with Crippen molar-refractivity contribution in [1.29, 1.82) is 0 Å². The van der Waals surface area contributed by atoms with Crippen molar-refractivity contribution in [1.82, 2.24) is 0 Å². The highest BCUT2D eigenvalue weighted by molar-refractivity contribution is 5.85. The van der Waals surface area contributed by atoms with Crippen LogP contribution in [0.15, 0.2) is 30.3 Å². The van der Waals surface area contributed by atoms with Crippen LogP contribution in [0.25, 0.3) is 0 Å². The smallest absolute Gasteiger partial charge is 0.327 e. The average molecular weight is 188 g/mol. The third-order valence-corrected chi connectivity index (χ3v) is 1.50. The first-order chi connectivity index (χ1) is 5.08. The van der Waals surface area contributed by atoms with Gasteiger partial charge in [0.1, 0.15) is 6.54 Å². The molecule has 0 aliphatic carbocycles. The van der Waals surface area contributed by atoms with Crippen molar-refractivity contribution in [2.75, 3.05) is 21.1 Å². The quantitative estimate of drug-likeness (QED) is 0.624. The molecule has 68 valence electrons. The zero-order chi connectivity index (χ0) is 8.32. The van der Waals surface area contributed by atoms with Gasteiger partial charge in [-0.3, -0.25) is 0 Å². The summed E-state index contributed by atoms with van der Waals surface area (Å²) in [5.41, 5.74) is 1.40. The summed E-state index contributed by atoms with van der Waals surface area (Å²) in [7, 11) is 6.60. The highest BCUT2D eigenvalue weighted by Crippen LogP contribution is 2.04. The van der Waals surface area contributed by atoms with Gasteiger partial charge in [0.05, 0.1) is 21.1 Å². The van der Waals surface area contributed by atoms with E-state index in [4.69, 9.17) is 0 Å². The second kappa shape index (κ2) is 4.48. The summed E-state index contributed by atoms with van der Waals surface area (Å²) in [5.74, 6) is 0. The van der Waals surface area contributed by atoms with E-state index in [1.165, 1.54) is 5.56 Å². The van der Waals surface area contributed by atoms with E-state index >= 15 is 0 Å². The topological polar surface area (TPSA) is 0 Å². The molecular weight excluding hydrogens is 170 g/mol. The predicted molar refractivity (Wildman–Crippen MR) is 56.5 cm³/mol. The Kier molecular flexibility index (Phi) is 4.29. The molecule has 0 saturated carbocycles. The van der Waals surface area contributed by atoms with E-state index in [1.807, 2.05) is 0 Å². The van der Waals surface area contributed by atoms with Gasteiger partial charge in [-0.15, -0.1) is 12.4 Å². The Bertz CT molecular complexity index is 218. The highest BCUT2D eigenvalue weighted by Gasteiger charge is 2.06. The summed E-state index contributed by atoms with van der Waals surface area (Å²) in [6.45, 7) is 1.10. The molecule has 0 aromatic heterocycles.